The first-order chi connectivity index (χ1) is 9.67. The number of hydrogen-bond donors (Lipinski definition) is 3. The minimum atomic E-state index is -0.161. The Morgan fingerprint density at radius 3 is 3.10 bits per heavy atom. The van der Waals surface area contributed by atoms with Gasteiger partial charge in [0.15, 0.2) is 0 Å². The van der Waals surface area contributed by atoms with Crippen molar-refractivity contribution in [3.63, 3.8) is 0 Å². The topological polar surface area (TPSA) is 113 Å². The first-order valence-corrected chi connectivity index (χ1v) is 7.54. The number of nitrogens with two attached hydrogens (primary N) is 1. The molecule has 2 unspecified atom stereocenters. The molecule has 0 saturated heterocycles. The van der Waals surface area contributed by atoms with E-state index in [1.54, 1.807) is 0 Å². The van der Waals surface area contributed by atoms with E-state index in [-0.39, 0.29) is 23.7 Å². The Morgan fingerprint density at radius 1 is 1.60 bits per heavy atom. The van der Waals surface area contributed by atoms with Crippen molar-refractivity contribution in [1.29, 1.82) is 0 Å². The normalized spacial score (nSPS) is 22.9. The van der Waals surface area contributed by atoms with Gasteiger partial charge in [0.1, 0.15) is 10.7 Å². The van der Waals surface area contributed by atoms with Crippen LogP contribution in [0.5, 0.6) is 0 Å². The number of nitrogens with zero attached hydrogens (tertiary/aromatic N) is 3. The second-order valence-electron chi connectivity index (χ2n) is 4.94. The molecule has 1 fully saturated rings. The molecule has 0 radical (unpaired) electrons. The van der Waals surface area contributed by atoms with E-state index >= 15 is 0 Å². The molecule has 0 aliphatic heterocycles. The van der Waals surface area contributed by atoms with Gasteiger partial charge in [-0.05, 0) is 30.8 Å². The molecule has 1 aliphatic carbocycles. The highest BCUT2D eigenvalue weighted by atomic mass is 32.1. The van der Waals surface area contributed by atoms with Crippen molar-refractivity contribution >= 4 is 23.3 Å². The van der Waals surface area contributed by atoms with E-state index in [0.29, 0.717) is 4.88 Å². The summed E-state index contributed by atoms with van der Waals surface area (Å²) in [6, 6.07) is -0.0880. The van der Waals surface area contributed by atoms with Crippen LogP contribution in [0.15, 0.2) is 5.16 Å². The monoisotopic (exact) mass is 297 g/mol. The molecule has 1 heterocycles. The molecule has 1 aromatic heterocycles. The first-order valence-electron chi connectivity index (χ1n) is 6.76. The molecule has 20 heavy (non-hydrogen) atoms. The maximum absolute atomic E-state index is 12.3. The van der Waals surface area contributed by atoms with Crippen molar-refractivity contribution in [2.75, 3.05) is 0 Å². The number of aromatic nitrogens is 2. The van der Waals surface area contributed by atoms with Crippen molar-refractivity contribution in [3.05, 3.63) is 10.6 Å². The molecule has 4 N–H and O–H groups in total. The van der Waals surface area contributed by atoms with Gasteiger partial charge in [-0.1, -0.05) is 29.4 Å². The Hall–Kier alpha value is -1.70. The third kappa shape index (κ3) is 3.06. The molecule has 0 bridgehead atoms. The van der Waals surface area contributed by atoms with Crippen molar-refractivity contribution in [2.24, 2.45) is 16.8 Å². The van der Waals surface area contributed by atoms with Crippen molar-refractivity contribution < 1.29 is 10.0 Å². The fraction of sp³-hybridized carbons (Fsp3) is 0.667. The number of amidine groups is 1. The lowest BCUT2D eigenvalue weighted by Crippen LogP contribution is -2.42. The Labute approximate surface area is 121 Å². The van der Waals surface area contributed by atoms with Crippen molar-refractivity contribution in [1.82, 2.24) is 14.9 Å². The number of rotatable bonds is 5. The van der Waals surface area contributed by atoms with E-state index in [1.807, 2.05) is 6.92 Å². The SMILES string of the molecule is CCCc1nnsc1C(=O)NC1CCCC1C(N)=NO. The molecule has 7 nitrogen and oxygen atoms in total. The highest BCUT2D eigenvalue weighted by Gasteiger charge is 2.32. The van der Waals surface area contributed by atoms with E-state index in [9.17, 15) is 4.79 Å². The molecule has 110 valence electrons. The van der Waals surface area contributed by atoms with Crippen LogP contribution in [0.25, 0.3) is 0 Å². The highest BCUT2D eigenvalue weighted by molar-refractivity contribution is 7.08. The summed E-state index contributed by atoms with van der Waals surface area (Å²) < 4.78 is 3.85. The maximum Gasteiger partial charge on any atom is 0.265 e. The van der Waals surface area contributed by atoms with Gasteiger partial charge in [0.25, 0.3) is 5.91 Å². The van der Waals surface area contributed by atoms with Crippen LogP contribution in [-0.2, 0) is 6.42 Å². The largest absolute Gasteiger partial charge is 0.409 e. The lowest BCUT2D eigenvalue weighted by molar-refractivity contribution is 0.0936. The third-order valence-electron chi connectivity index (χ3n) is 3.58. The molecular weight excluding hydrogens is 278 g/mol. The van der Waals surface area contributed by atoms with Gasteiger partial charge in [-0.3, -0.25) is 4.79 Å². The van der Waals surface area contributed by atoms with E-state index in [4.69, 9.17) is 10.9 Å². The molecule has 0 aromatic carbocycles. The van der Waals surface area contributed by atoms with E-state index in [2.05, 4.69) is 20.1 Å². The molecule has 1 aromatic rings. The van der Waals surface area contributed by atoms with Crippen LogP contribution in [0.4, 0.5) is 0 Å². The molecule has 8 heteroatoms. The Bertz CT molecular complexity index is 502. The summed E-state index contributed by atoms with van der Waals surface area (Å²) in [4.78, 5) is 12.9. The summed E-state index contributed by atoms with van der Waals surface area (Å²) in [5, 5.41) is 18.8. The molecular formula is C12H19N5O2S. The summed E-state index contributed by atoms with van der Waals surface area (Å²) in [5.41, 5.74) is 6.41. The molecule has 0 spiro atoms. The molecule has 2 rings (SSSR count). The number of oxime groups is 1. The Balaban J connectivity index is 2.05. The lowest BCUT2D eigenvalue weighted by Gasteiger charge is -2.19. The fourth-order valence-electron chi connectivity index (χ4n) is 2.58. The second kappa shape index (κ2) is 6.65. The van der Waals surface area contributed by atoms with Gasteiger partial charge >= 0.3 is 0 Å². The van der Waals surface area contributed by atoms with Gasteiger partial charge in [-0.2, -0.15) is 0 Å². The molecule has 1 aliphatic rings. The van der Waals surface area contributed by atoms with Crippen molar-refractivity contribution in [3.8, 4) is 0 Å². The summed E-state index contributed by atoms with van der Waals surface area (Å²) >= 11 is 1.11. The average molecular weight is 297 g/mol. The molecule has 2 atom stereocenters. The third-order valence-corrected chi connectivity index (χ3v) is 4.34. The highest BCUT2D eigenvalue weighted by Crippen LogP contribution is 2.26. The van der Waals surface area contributed by atoms with Crippen LogP contribution < -0.4 is 11.1 Å². The fourth-order valence-corrected chi connectivity index (χ4v) is 3.19. The van der Waals surface area contributed by atoms with Gasteiger partial charge in [0.05, 0.1) is 5.69 Å². The number of carbonyl (C=O) groups is 1. The maximum atomic E-state index is 12.3. The summed E-state index contributed by atoms with van der Waals surface area (Å²) in [5.74, 6) is -0.0745. The zero-order valence-electron chi connectivity index (χ0n) is 11.4. The minimum Gasteiger partial charge on any atom is -0.409 e. The van der Waals surface area contributed by atoms with Crippen LogP contribution in [-0.4, -0.2) is 32.6 Å². The van der Waals surface area contributed by atoms with Gasteiger partial charge in [-0.25, -0.2) is 0 Å². The summed E-state index contributed by atoms with van der Waals surface area (Å²) in [7, 11) is 0. The molecule has 1 amide bonds. The van der Waals surface area contributed by atoms with E-state index in [1.165, 1.54) is 0 Å². The van der Waals surface area contributed by atoms with Gasteiger partial charge in [0, 0.05) is 12.0 Å². The van der Waals surface area contributed by atoms with Gasteiger partial charge < -0.3 is 16.3 Å². The zero-order valence-corrected chi connectivity index (χ0v) is 12.2. The van der Waals surface area contributed by atoms with E-state index in [0.717, 1.165) is 49.3 Å². The van der Waals surface area contributed by atoms with Crippen LogP contribution in [0.2, 0.25) is 0 Å². The lowest BCUT2D eigenvalue weighted by atomic mass is 10.0. The Kier molecular flexibility index (Phi) is 4.89. The van der Waals surface area contributed by atoms with E-state index < -0.39 is 0 Å². The van der Waals surface area contributed by atoms with Crippen LogP contribution in [0.1, 0.15) is 48.0 Å². The van der Waals surface area contributed by atoms with Crippen LogP contribution >= 0.6 is 11.5 Å². The summed E-state index contributed by atoms with van der Waals surface area (Å²) in [6.45, 7) is 2.03. The van der Waals surface area contributed by atoms with Gasteiger partial charge in [-0.15, -0.1) is 5.10 Å². The van der Waals surface area contributed by atoms with Gasteiger partial charge in [0.2, 0.25) is 0 Å². The second-order valence-corrected chi connectivity index (χ2v) is 5.70. The quantitative estimate of drug-likeness (QED) is 0.326. The van der Waals surface area contributed by atoms with Crippen molar-refractivity contribution in [2.45, 2.75) is 45.1 Å². The van der Waals surface area contributed by atoms with Crippen LogP contribution in [0.3, 0.4) is 0 Å². The smallest absolute Gasteiger partial charge is 0.265 e. The number of carbonyl (C=O) groups excluding carboxylic acids is 1. The number of amides is 1. The van der Waals surface area contributed by atoms with Crippen LogP contribution in [0, 0.1) is 5.92 Å². The summed E-state index contributed by atoms with van der Waals surface area (Å²) in [6.07, 6.45) is 4.27. The predicted molar refractivity (Wildman–Crippen MR) is 75.9 cm³/mol. The number of hydrogen-bond acceptors (Lipinski definition) is 6. The zero-order chi connectivity index (χ0) is 14.5. The average Bonchev–Trinajstić information content (AvgIpc) is 3.07. The molecule has 1 saturated carbocycles. The predicted octanol–water partition coefficient (Wildman–Crippen LogP) is 1.14. The first kappa shape index (κ1) is 14.7. The minimum absolute atomic E-state index is 0.0880. The standard InChI is InChI=1S/C12H19N5O2S/c1-2-4-9-10(20-17-15-9)12(18)14-8-6-3-5-7(8)11(13)16-19/h7-8,19H,2-6H2,1H3,(H2,13,16)(H,14,18). The number of nitrogens with one attached hydrogen (secondary N) is 1. The number of aryl methyl sites for hydroxylation is 1. The Morgan fingerprint density at radius 2 is 2.40 bits per heavy atom.